The van der Waals surface area contributed by atoms with Crippen LogP contribution in [0.25, 0.3) is 16.9 Å². The number of aliphatic hydroxyl groups is 3. The number of amides is 1. The molecule has 0 bridgehead atoms. The maximum Gasteiger partial charge on any atom is 0.270 e. The molecule has 11 heteroatoms. The fourth-order valence-electron chi connectivity index (χ4n) is 6.31. The summed E-state index contributed by atoms with van der Waals surface area (Å²) >= 11 is 0. The number of carbonyl (C=O) groups excluding carboxylic acids is 3. The van der Waals surface area contributed by atoms with E-state index in [-0.39, 0.29) is 35.4 Å². The molecule has 208 valence electrons. The van der Waals surface area contributed by atoms with Gasteiger partial charge in [0.25, 0.3) is 11.6 Å². The summed E-state index contributed by atoms with van der Waals surface area (Å²) in [5, 5.41) is 56.6. The minimum Gasteiger partial charge on any atom is -0.508 e. The molecule has 11 nitrogen and oxygen atoms in total. The van der Waals surface area contributed by atoms with Crippen LogP contribution in [-0.2, 0) is 26.2 Å². The third-order valence-electron chi connectivity index (χ3n) is 8.24. The molecule has 3 atom stereocenters. The van der Waals surface area contributed by atoms with Crippen molar-refractivity contribution in [2.75, 3.05) is 0 Å². The number of Topliss-reactive ketones (excluding diaryl/α,β-unsaturated/α-hetero) is 2. The molecule has 1 fully saturated rings. The first-order valence-corrected chi connectivity index (χ1v) is 12.7. The van der Waals surface area contributed by atoms with Gasteiger partial charge in [0.05, 0.1) is 10.5 Å². The molecule has 1 saturated carbocycles. The molecule has 1 amide bonds. The molecule has 0 aliphatic heterocycles. The number of phenols is 1. The van der Waals surface area contributed by atoms with E-state index in [0.717, 1.165) is 0 Å². The highest BCUT2D eigenvalue weighted by Gasteiger charge is 2.60. The number of non-ortho nitro benzene ring substituents is 1. The second-order valence-electron chi connectivity index (χ2n) is 11.6. The molecule has 0 heterocycles. The monoisotopic (exact) mass is 548 g/mol. The maximum absolute atomic E-state index is 13.8. The van der Waals surface area contributed by atoms with Crippen LogP contribution < -0.4 is 5.73 Å². The predicted molar refractivity (Wildman–Crippen MR) is 142 cm³/mol. The number of primary amides is 1. The van der Waals surface area contributed by atoms with Gasteiger partial charge < -0.3 is 26.2 Å². The van der Waals surface area contributed by atoms with Gasteiger partial charge in [0.2, 0.25) is 5.78 Å². The Hall–Kier alpha value is -4.51. The summed E-state index contributed by atoms with van der Waals surface area (Å²) in [6.45, 7) is 5.48. The van der Waals surface area contributed by atoms with Gasteiger partial charge in [-0.1, -0.05) is 32.9 Å². The molecule has 0 spiro atoms. The average molecular weight is 549 g/mol. The smallest absolute Gasteiger partial charge is 0.270 e. The number of rotatable bonds is 3. The minimum absolute atomic E-state index is 0.0148. The van der Waals surface area contributed by atoms with Gasteiger partial charge in [-0.2, -0.15) is 0 Å². The van der Waals surface area contributed by atoms with E-state index in [1.807, 2.05) is 20.8 Å². The summed E-state index contributed by atoms with van der Waals surface area (Å²) in [5.41, 5.74) is 2.43. The van der Waals surface area contributed by atoms with Gasteiger partial charge in [-0.3, -0.25) is 24.5 Å². The quantitative estimate of drug-likeness (QED) is 0.217. The molecule has 3 aliphatic carbocycles. The first-order chi connectivity index (χ1) is 18.6. The lowest BCUT2D eigenvalue weighted by Crippen LogP contribution is -2.58. The number of nitro benzene ring substituents is 1. The lowest BCUT2D eigenvalue weighted by atomic mass is 9.59. The van der Waals surface area contributed by atoms with E-state index in [9.17, 15) is 44.9 Å². The van der Waals surface area contributed by atoms with E-state index >= 15 is 0 Å². The Morgan fingerprint density at radius 1 is 1.12 bits per heavy atom. The van der Waals surface area contributed by atoms with Crippen LogP contribution >= 0.6 is 0 Å². The summed E-state index contributed by atoms with van der Waals surface area (Å²) in [4.78, 5) is 49.2. The zero-order valence-corrected chi connectivity index (χ0v) is 22.0. The number of carbonyl (C=O) groups is 3. The number of hydrogen-bond donors (Lipinski definition) is 5. The highest BCUT2D eigenvalue weighted by Crippen LogP contribution is 2.54. The number of ketones is 2. The number of aromatic hydroxyl groups is 1. The van der Waals surface area contributed by atoms with Crippen molar-refractivity contribution >= 4 is 28.9 Å². The molecular formula is C29H28N2O9. The number of benzene rings is 2. The van der Waals surface area contributed by atoms with Crippen LogP contribution in [-0.4, -0.2) is 48.4 Å². The number of nitrogens with two attached hydrogens (primary N) is 1. The van der Waals surface area contributed by atoms with Crippen LogP contribution in [0.5, 0.6) is 5.75 Å². The van der Waals surface area contributed by atoms with Gasteiger partial charge in [-0.05, 0) is 46.9 Å². The third kappa shape index (κ3) is 3.72. The molecular weight excluding hydrogens is 520 g/mol. The Labute approximate surface area is 228 Å². The third-order valence-corrected chi connectivity index (χ3v) is 8.24. The van der Waals surface area contributed by atoms with E-state index in [4.69, 9.17) is 5.73 Å². The van der Waals surface area contributed by atoms with E-state index in [2.05, 4.69) is 0 Å². The van der Waals surface area contributed by atoms with Crippen molar-refractivity contribution in [3.63, 3.8) is 0 Å². The Kier molecular flexibility index (Phi) is 5.92. The lowest BCUT2D eigenvalue weighted by molar-refractivity contribution is -0.384. The number of aliphatic hydroxyl groups excluding tert-OH is 2. The predicted octanol–water partition coefficient (Wildman–Crippen LogP) is 3.30. The molecule has 0 saturated heterocycles. The Morgan fingerprint density at radius 2 is 1.80 bits per heavy atom. The molecule has 3 aliphatic rings. The zero-order chi connectivity index (χ0) is 29.5. The molecule has 2 aromatic carbocycles. The number of hydrogen-bond acceptors (Lipinski definition) is 9. The summed E-state index contributed by atoms with van der Waals surface area (Å²) in [5.74, 6) is -7.03. The van der Waals surface area contributed by atoms with E-state index in [0.29, 0.717) is 22.3 Å². The van der Waals surface area contributed by atoms with Gasteiger partial charge >= 0.3 is 0 Å². The maximum atomic E-state index is 13.8. The van der Waals surface area contributed by atoms with Crippen molar-refractivity contribution in [3.8, 4) is 16.9 Å². The SMILES string of the molecule is CC(C)(C)c1cc(-c2cccc([N+](=O)[O-])c2)c2c(c1O)C(O)=C1C(=O)[C@]3(O)C(O)=C(C(N)=O)C(=O)C[C@@H]3C[C@@H]1C2. The van der Waals surface area contributed by atoms with Crippen molar-refractivity contribution in [2.24, 2.45) is 17.6 Å². The lowest BCUT2D eigenvalue weighted by Gasteiger charge is -2.46. The average Bonchev–Trinajstić information content (AvgIpc) is 2.85. The number of fused-ring (bicyclic) bond motifs is 3. The van der Waals surface area contributed by atoms with E-state index in [1.54, 1.807) is 12.1 Å². The number of phenolic OH excluding ortho intramolecular Hbond substituents is 1. The van der Waals surface area contributed by atoms with Crippen LogP contribution in [0.4, 0.5) is 5.69 Å². The fraction of sp³-hybridized carbons (Fsp3) is 0.345. The Bertz CT molecular complexity index is 1610. The molecule has 0 aromatic heterocycles. The van der Waals surface area contributed by atoms with Gasteiger partial charge in [-0.15, -0.1) is 0 Å². The van der Waals surface area contributed by atoms with Crippen molar-refractivity contribution in [1.29, 1.82) is 0 Å². The topological polar surface area (TPSA) is 201 Å². The molecule has 6 N–H and O–H groups in total. The number of nitro groups is 1. The fourth-order valence-corrected chi connectivity index (χ4v) is 6.31. The minimum atomic E-state index is -2.66. The van der Waals surface area contributed by atoms with Crippen LogP contribution in [0.3, 0.4) is 0 Å². The van der Waals surface area contributed by atoms with Gasteiger partial charge in [0, 0.05) is 35.6 Å². The molecule has 0 unspecified atom stereocenters. The largest absolute Gasteiger partial charge is 0.508 e. The van der Waals surface area contributed by atoms with Crippen molar-refractivity contribution in [1.82, 2.24) is 0 Å². The highest BCUT2D eigenvalue weighted by atomic mass is 16.6. The van der Waals surface area contributed by atoms with Crippen molar-refractivity contribution in [3.05, 3.63) is 74.0 Å². The standard InChI is InChI=1S/C29H28N2O9/c1-28(2,3)18-11-16(12-5-4-6-15(8-12)31(39)40)17-9-13-7-14-10-19(32)22(27(30)37)26(36)29(14,38)25(35)20(13)24(34)21(17)23(18)33/h4-6,8,11,13-14,33-34,36,38H,7,9-10H2,1-3H3,(H2,30,37)/t13-,14+,29+/m1/s1. The zero-order valence-electron chi connectivity index (χ0n) is 22.0. The Balaban J connectivity index is 1.79. The van der Waals surface area contributed by atoms with E-state index < -0.39 is 68.8 Å². The first-order valence-electron chi connectivity index (χ1n) is 12.7. The molecule has 40 heavy (non-hydrogen) atoms. The van der Waals surface area contributed by atoms with Crippen LogP contribution in [0.15, 0.2) is 47.2 Å². The van der Waals surface area contributed by atoms with Gasteiger partial charge in [0.15, 0.2) is 11.4 Å². The summed E-state index contributed by atoms with van der Waals surface area (Å²) in [6, 6.07) is 7.63. The first kappa shape index (κ1) is 27.1. The summed E-state index contributed by atoms with van der Waals surface area (Å²) in [7, 11) is 0. The van der Waals surface area contributed by atoms with Crippen molar-refractivity contribution in [2.45, 2.75) is 51.0 Å². The second kappa shape index (κ2) is 8.75. The van der Waals surface area contributed by atoms with Gasteiger partial charge in [-0.25, -0.2) is 0 Å². The highest BCUT2D eigenvalue weighted by molar-refractivity contribution is 6.22. The number of nitrogens with zero attached hydrogens (tertiary/aromatic N) is 1. The van der Waals surface area contributed by atoms with Crippen LogP contribution in [0, 0.1) is 22.0 Å². The summed E-state index contributed by atoms with van der Waals surface area (Å²) < 4.78 is 0. The second-order valence-corrected chi connectivity index (χ2v) is 11.6. The van der Waals surface area contributed by atoms with Crippen LogP contribution in [0.1, 0.15) is 50.3 Å². The molecule has 5 rings (SSSR count). The molecule has 2 aromatic rings. The van der Waals surface area contributed by atoms with E-state index in [1.165, 1.54) is 18.2 Å². The Morgan fingerprint density at radius 3 is 2.40 bits per heavy atom. The normalized spacial score (nSPS) is 24.4. The van der Waals surface area contributed by atoms with Crippen LogP contribution in [0.2, 0.25) is 0 Å². The summed E-state index contributed by atoms with van der Waals surface area (Å²) in [6.07, 6.45) is -0.350. The molecule has 0 radical (unpaired) electrons. The van der Waals surface area contributed by atoms with Gasteiger partial charge in [0.1, 0.15) is 22.8 Å². The van der Waals surface area contributed by atoms with Crippen molar-refractivity contribution < 1.29 is 39.7 Å².